The predicted molar refractivity (Wildman–Crippen MR) is 81.8 cm³/mol. The first-order valence-corrected chi connectivity index (χ1v) is 7.93. The maximum atomic E-state index is 12.7. The number of nitrogens with one attached hydrogen (secondary N) is 1. The molecule has 0 aliphatic carbocycles. The first-order valence-electron chi connectivity index (χ1n) is 7.14. The van der Waals surface area contributed by atoms with Gasteiger partial charge < -0.3 is 15.1 Å². The third kappa shape index (κ3) is 2.67. The van der Waals surface area contributed by atoms with Crippen molar-refractivity contribution in [3.05, 3.63) is 22.8 Å². The van der Waals surface area contributed by atoms with Crippen LogP contribution < -0.4 is 10.2 Å². The molecule has 1 N–H and O–H groups in total. The van der Waals surface area contributed by atoms with E-state index in [4.69, 9.17) is 0 Å². The van der Waals surface area contributed by atoms with Gasteiger partial charge in [-0.15, -0.1) is 0 Å². The van der Waals surface area contributed by atoms with Crippen LogP contribution in [0.1, 0.15) is 12.8 Å². The van der Waals surface area contributed by atoms with Gasteiger partial charge in [-0.2, -0.15) is 0 Å². The lowest BCUT2D eigenvalue weighted by atomic mass is 10.1. The van der Waals surface area contributed by atoms with E-state index in [1.807, 2.05) is 17.0 Å². The van der Waals surface area contributed by atoms with E-state index in [0.717, 1.165) is 55.9 Å². The Labute approximate surface area is 127 Å². The summed E-state index contributed by atoms with van der Waals surface area (Å²) in [6.45, 7) is 4.31. The summed E-state index contributed by atoms with van der Waals surface area (Å²) in [5.41, 5.74) is 0. The molecule has 3 rings (SSSR count). The van der Waals surface area contributed by atoms with E-state index in [0.29, 0.717) is 0 Å². The highest BCUT2D eigenvalue weighted by atomic mass is 79.9. The van der Waals surface area contributed by atoms with E-state index in [1.54, 1.807) is 6.20 Å². The number of carbonyl (C=O) groups is 1. The molecule has 1 atom stereocenters. The number of piperazine rings is 1. The number of hydrogen-bond acceptors (Lipinski definition) is 4. The average Bonchev–Trinajstić information content (AvgIpc) is 2.97. The largest absolute Gasteiger partial charge is 0.344 e. The normalized spacial score (nSPS) is 23.1. The van der Waals surface area contributed by atoms with Crippen molar-refractivity contribution in [2.45, 2.75) is 18.9 Å². The van der Waals surface area contributed by atoms with E-state index in [1.165, 1.54) is 0 Å². The van der Waals surface area contributed by atoms with Gasteiger partial charge in [-0.25, -0.2) is 4.98 Å². The van der Waals surface area contributed by atoms with Crippen LogP contribution in [0.4, 0.5) is 5.82 Å². The molecule has 5 nitrogen and oxygen atoms in total. The smallest absolute Gasteiger partial charge is 0.245 e. The number of nitrogens with zero attached hydrogens (tertiary/aromatic N) is 3. The molecule has 108 valence electrons. The third-order valence-electron chi connectivity index (χ3n) is 3.98. The van der Waals surface area contributed by atoms with Crippen LogP contribution >= 0.6 is 15.9 Å². The molecule has 2 fully saturated rings. The average molecular weight is 339 g/mol. The lowest BCUT2D eigenvalue weighted by Crippen LogP contribution is -2.52. The number of carbonyl (C=O) groups excluding carboxylic acids is 1. The van der Waals surface area contributed by atoms with Crippen LogP contribution in [0.5, 0.6) is 0 Å². The van der Waals surface area contributed by atoms with E-state index in [2.05, 4.69) is 31.1 Å². The molecule has 0 bridgehead atoms. The second-order valence-corrected chi connectivity index (χ2v) is 6.09. The van der Waals surface area contributed by atoms with Crippen LogP contribution in [0.2, 0.25) is 0 Å². The minimum absolute atomic E-state index is 0.0562. The van der Waals surface area contributed by atoms with Crippen LogP contribution in [-0.4, -0.2) is 54.6 Å². The van der Waals surface area contributed by atoms with Crippen molar-refractivity contribution in [1.82, 2.24) is 15.2 Å². The number of rotatable bonds is 2. The molecule has 1 aromatic heterocycles. The van der Waals surface area contributed by atoms with Crippen molar-refractivity contribution < 1.29 is 4.79 Å². The van der Waals surface area contributed by atoms with Crippen LogP contribution in [0.3, 0.4) is 0 Å². The van der Waals surface area contributed by atoms with Crippen molar-refractivity contribution in [2.75, 3.05) is 37.6 Å². The minimum Gasteiger partial charge on any atom is -0.344 e. The van der Waals surface area contributed by atoms with Crippen molar-refractivity contribution in [1.29, 1.82) is 0 Å². The molecular weight excluding hydrogens is 320 g/mol. The van der Waals surface area contributed by atoms with Crippen LogP contribution in [-0.2, 0) is 4.79 Å². The molecule has 2 aliphatic heterocycles. The molecule has 3 heterocycles. The maximum Gasteiger partial charge on any atom is 0.245 e. The highest BCUT2D eigenvalue weighted by Gasteiger charge is 2.35. The van der Waals surface area contributed by atoms with Crippen molar-refractivity contribution >= 4 is 27.7 Å². The van der Waals surface area contributed by atoms with Crippen molar-refractivity contribution in [3.63, 3.8) is 0 Å². The molecular formula is C14H19BrN4O. The van der Waals surface area contributed by atoms with Gasteiger partial charge in [-0.05, 0) is 40.9 Å². The number of hydrogen-bond donors (Lipinski definition) is 1. The summed E-state index contributed by atoms with van der Waals surface area (Å²) in [6.07, 6.45) is 3.75. The topological polar surface area (TPSA) is 48.5 Å². The monoisotopic (exact) mass is 338 g/mol. The van der Waals surface area contributed by atoms with Gasteiger partial charge in [-0.3, -0.25) is 4.79 Å². The van der Waals surface area contributed by atoms with Gasteiger partial charge in [0.2, 0.25) is 5.91 Å². The van der Waals surface area contributed by atoms with E-state index in [9.17, 15) is 4.79 Å². The third-order valence-corrected chi connectivity index (χ3v) is 4.60. The molecule has 1 aromatic rings. The quantitative estimate of drug-likeness (QED) is 0.881. The summed E-state index contributed by atoms with van der Waals surface area (Å²) >= 11 is 3.54. The Morgan fingerprint density at radius 2 is 2.15 bits per heavy atom. The Morgan fingerprint density at radius 3 is 2.90 bits per heavy atom. The lowest BCUT2D eigenvalue weighted by Gasteiger charge is -2.33. The zero-order valence-electron chi connectivity index (χ0n) is 11.4. The van der Waals surface area contributed by atoms with Gasteiger partial charge in [0.25, 0.3) is 0 Å². The van der Waals surface area contributed by atoms with Crippen LogP contribution in [0, 0.1) is 0 Å². The fourth-order valence-electron chi connectivity index (χ4n) is 2.96. The molecule has 1 amide bonds. The maximum absolute atomic E-state index is 12.7. The van der Waals surface area contributed by atoms with Gasteiger partial charge in [0, 0.05) is 38.9 Å². The number of halogens is 1. The molecule has 20 heavy (non-hydrogen) atoms. The predicted octanol–water partition coefficient (Wildman–Crippen LogP) is 1.24. The molecule has 0 radical (unpaired) electrons. The first-order chi connectivity index (χ1) is 9.77. The SMILES string of the molecule is O=C(C1CCCN1c1ncccc1Br)N1CCNCC1. The summed E-state index contributed by atoms with van der Waals surface area (Å²) < 4.78 is 0.958. The lowest BCUT2D eigenvalue weighted by molar-refractivity contribution is -0.133. The van der Waals surface area contributed by atoms with Gasteiger partial charge >= 0.3 is 0 Å². The molecule has 6 heteroatoms. The highest BCUT2D eigenvalue weighted by Crippen LogP contribution is 2.30. The van der Waals surface area contributed by atoms with E-state index in [-0.39, 0.29) is 11.9 Å². The number of pyridine rings is 1. The van der Waals surface area contributed by atoms with Gasteiger partial charge in [-0.1, -0.05) is 0 Å². The second-order valence-electron chi connectivity index (χ2n) is 5.24. The van der Waals surface area contributed by atoms with Crippen LogP contribution in [0.15, 0.2) is 22.8 Å². The van der Waals surface area contributed by atoms with Gasteiger partial charge in [0.1, 0.15) is 11.9 Å². The molecule has 0 saturated carbocycles. The zero-order valence-corrected chi connectivity index (χ0v) is 13.0. The summed E-state index contributed by atoms with van der Waals surface area (Å²) in [6, 6.07) is 3.82. The Hall–Kier alpha value is -1.14. The second kappa shape index (κ2) is 6.10. The summed E-state index contributed by atoms with van der Waals surface area (Å²) in [4.78, 5) is 21.3. The standard InChI is InChI=1S/C14H19BrN4O/c15-11-3-1-5-17-13(11)19-8-2-4-12(19)14(20)18-9-6-16-7-10-18/h1,3,5,12,16H,2,4,6-10H2. The Balaban J connectivity index is 1.78. The molecule has 0 spiro atoms. The van der Waals surface area contributed by atoms with E-state index < -0.39 is 0 Å². The fourth-order valence-corrected chi connectivity index (χ4v) is 3.44. The summed E-state index contributed by atoms with van der Waals surface area (Å²) in [5.74, 6) is 1.14. The Kier molecular flexibility index (Phi) is 4.21. The summed E-state index contributed by atoms with van der Waals surface area (Å²) in [5, 5.41) is 3.28. The summed E-state index contributed by atoms with van der Waals surface area (Å²) in [7, 11) is 0. The highest BCUT2D eigenvalue weighted by molar-refractivity contribution is 9.10. The number of anilines is 1. The zero-order chi connectivity index (χ0) is 13.9. The van der Waals surface area contributed by atoms with Gasteiger partial charge in [0.15, 0.2) is 0 Å². The van der Waals surface area contributed by atoms with Crippen molar-refractivity contribution in [2.24, 2.45) is 0 Å². The molecule has 2 aliphatic rings. The fraction of sp³-hybridized carbons (Fsp3) is 0.571. The van der Waals surface area contributed by atoms with Gasteiger partial charge in [0.05, 0.1) is 4.47 Å². The Bertz CT molecular complexity index is 490. The van der Waals surface area contributed by atoms with Crippen LogP contribution in [0.25, 0.3) is 0 Å². The minimum atomic E-state index is -0.0562. The molecule has 1 unspecified atom stereocenters. The van der Waals surface area contributed by atoms with E-state index >= 15 is 0 Å². The molecule has 0 aromatic carbocycles. The Morgan fingerprint density at radius 1 is 1.35 bits per heavy atom. The first kappa shape index (κ1) is 13.8. The number of aromatic nitrogens is 1. The van der Waals surface area contributed by atoms with Crippen molar-refractivity contribution in [3.8, 4) is 0 Å². The molecule has 2 saturated heterocycles. The number of amides is 1.